The van der Waals surface area contributed by atoms with Crippen molar-refractivity contribution in [3.63, 3.8) is 0 Å². The van der Waals surface area contributed by atoms with E-state index in [-0.39, 0.29) is 5.69 Å². The van der Waals surface area contributed by atoms with E-state index in [1.165, 1.54) is 18.2 Å². The Morgan fingerprint density at radius 3 is 2.67 bits per heavy atom. The Bertz CT molecular complexity index is 613. The van der Waals surface area contributed by atoms with Crippen LogP contribution >= 0.6 is 0 Å². The Labute approximate surface area is 103 Å². The third-order valence-corrected chi connectivity index (χ3v) is 2.33. The fourth-order valence-electron chi connectivity index (χ4n) is 1.56. The normalized spacial score (nSPS) is 10.7. The van der Waals surface area contributed by atoms with Gasteiger partial charge in [0.15, 0.2) is 0 Å². The summed E-state index contributed by atoms with van der Waals surface area (Å²) >= 11 is 0. The molecule has 0 bridgehead atoms. The minimum Gasteiger partial charge on any atom is -0.456 e. The number of nitro groups is 1. The molecule has 5 heteroatoms. The average Bonchev–Trinajstić information content (AvgIpc) is 2.85. The van der Waals surface area contributed by atoms with Crippen LogP contribution in [0, 0.1) is 10.1 Å². The highest BCUT2D eigenvalue weighted by Crippen LogP contribution is 2.30. The van der Waals surface area contributed by atoms with Crippen LogP contribution in [0.1, 0.15) is 5.76 Å². The highest BCUT2D eigenvalue weighted by atomic mass is 16.6. The maximum absolute atomic E-state index is 10.9. The maximum atomic E-state index is 10.9. The molecule has 0 atom stereocenters. The van der Waals surface area contributed by atoms with Gasteiger partial charge in [0.2, 0.25) is 0 Å². The first-order chi connectivity index (χ1) is 8.72. The molecule has 0 radical (unpaired) electrons. The SMILES string of the molecule is O=CC=Cc1ccc(-c2ccccc2[N+](=O)[O-])o1. The van der Waals surface area contributed by atoms with Crippen LogP contribution in [0.25, 0.3) is 17.4 Å². The molecule has 0 aliphatic carbocycles. The first-order valence-corrected chi connectivity index (χ1v) is 5.18. The minimum atomic E-state index is -0.460. The number of hydrogen-bond acceptors (Lipinski definition) is 4. The number of carbonyl (C=O) groups excluding carboxylic acids is 1. The zero-order chi connectivity index (χ0) is 13.0. The van der Waals surface area contributed by atoms with Crippen molar-refractivity contribution in [2.24, 2.45) is 0 Å². The zero-order valence-corrected chi connectivity index (χ0v) is 9.28. The van der Waals surface area contributed by atoms with Crippen molar-refractivity contribution in [2.75, 3.05) is 0 Å². The quantitative estimate of drug-likeness (QED) is 0.358. The highest BCUT2D eigenvalue weighted by Gasteiger charge is 2.16. The number of aldehydes is 1. The number of hydrogen-bond donors (Lipinski definition) is 0. The van der Waals surface area contributed by atoms with Gasteiger partial charge < -0.3 is 4.42 Å². The summed E-state index contributed by atoms with van der Waals surface area (Å²) in [7, 11) is 0. The number of rotatable bonds is 4. The fraction of sp³-hybridized carbons (Fsp3) is 0. The second-order valence-electron chi connectivity index (χ2n) is 3.47. The van der Waals surface area contributed by atoms with E-state index in [0.29, 0.717) is 23.4 Å². The molecule has 18 heavy (non-hydrogen) atoms. The number of furan rings is 1. The molecule has 2 rings (SSSR count). The van der Waals surface area contributed by atoms with E-state index in [1.807, 2.05) is 0 Å². The van der Waals surface area contributed by atoms with Gasteiger partial charge in [-0.05, 0) is 30.4 Å². The van der Waals surface area contributed by atoms with Crippen molar-refractivity contribution in [3.8, 4) is 11.3 Å². The third-order valence-electron chi connectivity index (χ3n) is 2.33. The Morgan fingerprint density at radius 2 is 1.94 bits per heavy atom. The summed E-state index contributed by atoms with van der Waals surface area (Å²) in [6, 6.07) is 9.60. The lowest BCUT2D eigenvalue weighted by molar-refractivity contribution is -0.384. The first kappa shape index (κ1) is 11.8. The standard InChI is InChI=1S/C13H9NO4/c15-9-3-4-10-7-8-13(18-10)11-5-1-2-6-12(11)14(16)17/h1-9H. The fourth-order valence-corrected chi connectivity index (χ4v) is 1.56. The van der Waals surface area contributed by atoms with E-state index in [0.717, 1.165) is 0 Å². The second kappa shape index (κ2) is 5.09. The van der Waals surface area contributed by atoms with Crippen LogP contribution in [0.4, 0.5) is 5.69 Å². The van der Waals surface area contributed by atoms with Gasteiger partial charge in [-0.15, -0.1) is 0 Å². The van der Waals surface area contributed by atoms with Gasteiger partial charge in [0.1, 0.15) is 17.8 Å². The van der Waals surface area contributed by atoms with Gasteiger partial charge in [0, 0.05) is 6.07 Å². The third kappa shape index (κ3) is 2.35. The maximum Gasteiger partial charge on any atom is 0.280 e. The number of nitro benzene ring substituents is 1. The summed E-state index contributed by atoms with van der Waals surface area (Å²) in [5, 5.41) is 10.9. The van der Waals surface area contributed by atoms with Crippen LogP contribution in [-0.4, -0.2) is 11.2 Å². The van der Waals surface area contributed by atoms with Gasteiger partial charge in [-0.1, -0.05) is 12.1 Å². The van der Waals surface area contributed by atoms with Gasteiger partial charge in [-0.2, -0.15) is 0 Å². The van der Waals surface area contributed by atoms with Crippen LogP contribution in [0.15, 0.2) is 46.9 Å². The van der Waals surface area contributed by atoms with Crippen LogP contribution < -0.4 is 0 Å². The predicted molar refractivity (Wildman–Crippen MR) is 65.9 cm³/mol. The minimum absolute atomic E-state index is 0.0160. The summed E-state index contributed by atoms with van der Waals surface area (Å²) in [4.78, 5) is 20.6. The predicted octanol–water partition coefficient (Wildman–Crippen LogP) is 3.07. The molecule has 0 spiro atoms. The van der Waals surface area contributed by atoms with Crippen molar-refractivity contribution in [1.29, 1.82) is 0 Å². The number of benzene rings is 1. The van der Waals surface area contributed by atoms with Gasteiger partial charge >= 0.3 is 0 Å². The molecule has 90 valence electrons. The molecule has 5 nitrogen and oxygen atoms in total. The number of nitrogens with zero attached hydrogens (tertiary/aromatic N) is 1. The average molecular weight is 243 g/mol. The topological polar surface area (TPSA) is 73.3 Å². The Balaban J connectivity index is 2.43. The van der Waals surface area contributed by atoms with Gasteiger partial charge in [-0.25, -0.2) is 0 Å². The van der Waals surface area contributed by atoms with Crippen molar-refractivity contribution in [2.45, 2.75) is 0 Å². The van der Waals surface area contributed by atoms with Gasteiger partial charge in [0.25, 0.3) is 5.69 Å². The van der Waals surface area contributed by atoms with Crippen LogP contribution in [-0.2, 0) is 4.79 Å². The summed E-state index contributed by atoms with van der Waals surface area (Å²) in [6.07, 6.45) is 3.42. The molecule has 0 amide bonds. The van der Waals surface area contributed by atoms with Crippen LogP contribution in [0.2, 0.25) is 0 Å². The molecule has 0 aliphatic heterocycles. The summed E-state index contributed by atoms with van der Waals surface area (Å²) in [5.41, 5.74) is 0.394. The van der Waals surface area contributed by atoms with Crippen molar-refractivity contribution >= 4 is 18.0 Å². The first-order valence-electron chi connectivity index (χ1n) is 5.18. The van der Waals surface area contributed by atoms with Crippen molar-refractivity contribution < 1.29 is 14.1 Å². The van der Waals surface area contributed by atoms with Crippen LogP contribution in [0.5, 0.6) is 0 Å². The Hall–Kier alpha value is -2.69. The lowest BCUT2D eigenvalue weighted by atomic mass is 10.1. The van der Waals surface area contributed by atoms with E-state index in [2.05, 4.69) is 0 Å². The molecular formula is C13H9NO4. The molecule has 2 aromatic rings. The molecule has 0 saturated carbocycles. The molecular weight excluding hydrogens is 234 g/mol. The monoisotopic (exact) mass is 243 g/mol. The molecule has 1 aromatic carbocycles. The highest BCUT2D eigenvalue weighted by molar-refractivity contribution is 5.74. The molecule has 0 unspecified atom stereocenters. The molecule has 0 N–H and O–H groups in total. The smallest absolute Gasteiger partial charge is 0.280 e. The molecule has 1 aromatic heterocycles. The largest absolute Gasteiger partial charge is 0.456 e. The summed E-state index contributed by atoms with van der Waals surface area (Å²) in [6.45, 7) is 0. The lowest BCUT2D eigenvalue weighted by Crippen LogP contribution is -1.90. The molecule has 0 fully saturated rings. The molecule has 1 heterocycles. The van der Waals surface area contributed by atoms with E-state index in [1.54, 1.807) is 30.3 Å². The van der Waals surface area contributed by atoms with E-state index in [9.17, 15) is 14.9 Å². The van der Waals surface area contributed by atoms with Gasteiger partial charge in [-0.3, -0.25) is 14.9 Å². The lowest BCUT2D eigenvalue weighted by Gasteiger charge is -1.98. The summed E-state index contributed by atoms with van der Waals surface area (Å²) in [5.74, 6) is 0.864. The van der Waals surface area contributed by atoms with E-state index in [4.69, 9.17) is 4.42 Å². The summed E-state index contributed by atoms with van der Waals surface area (Å²) < 4.78 is 5.41. The zero-order valence-electron chi connectivity index (χ0n) is 9.28. The Morgan fingerprint density at radius 1 is 1.17 bits per heavy atom. The van der Waals surface area contributed by atoms with Crippen molar-refractivity contribution in [1.82, 2.24) is 0 Å². The van der Waals surface area contributed by atoms with Gasteiger partial charge in [0.05, 0.1) is 10.5 Å². The van der Waals surface area contributed by atoms with Crippen LogP contribution in [0.3, 0.4) is 0 Å². The Kier molecular flexibility index (Phi) is 3.33. The van der Waals surface area contributed by atoms with E-state index >= 15 is 0 Å². The number of para-hydroxylation sites is 1. The van der Waals surface area contributed by atoms with Crippen molar-refractivity contribution in [3.05, 3.63) is 58.3 Å². The second-order valence-corrected chi connectivity index (χ2v) is 3.47. The number of allylic oxidation sites excluding steroid dienone is 1. The van der Waals surface area contributed by atoms with E-state index < -0.39 is 4.92 Å². The number of carbonyl (C=O) groups is 1. The molecule has 0 saturated heterocycles. The molecule has 0 aliphatic rings.